The summed E-state index contributed by atoms with van der Waals surface area (Å²) in [6, 6.07) is 17.4. The van der Waals surface area contributed by atoms with E-state index in [4.69, 9.17) is 9.47 Å². The Labute approximate surface area is 223 Å². The second-order valence-electron chi connectivity index (χ2n) is 8.26. The first-order chi connectivity index (χ1) is 18.8. The molecule has 0 bridgehead atoms. The van der Waals surface area contributed by atoms with Crippen molar-refractivity contribution >= 4 is 5.97 Å². The maximum Gasteiger partial charge on any atom is 0.439 e. The van der Waals surface area contributed by atoms with Gasteiger partial charge in [-0.3, -0.25) is 0 Å². The number of ether oxygens (including phenoxy) is 4. The van der Waals surface area contributed by atoms with Crippen molar-refractivity contribution in [3.63, 3.8) is 0 Å². The molecule has 3 rings (SSSR count). The molecule has 0 amide bonds. The predicted molar refractivity (Wildman–Crippen MR) is 125 cm³/mol. The summed E-state index contributed by atoms with van der Waals surface area (Å²) in [7, 11) is 0. The van der Waals surface area contributed by atoms with Crippen LogP contribution in [0.4, 0.5) is 35.1 Å². The van der Waals surface area contributed by atoms with Gasteiger partial charge in [-0.15, -0.1) is 0 Å². The zero-order chi connectivity index (χ0) is 29.6. The molecule has 5 nitrogen and oxygen atoms in total. The van der Waals surface area contributed by atoms with Crippen molar-refractivity contribution in [2.24, 2.45) is 0 Å². The van der Waals surface area contributed by atoms with E-state index in [1.54, 1.807) is 37.3 Å². The van der Waals surface area contributed by atoms with Gasteiger partial charge >= 0.3 is 24.9 Å². The van der Waals surface area contributed by atoms with E-state index in [9.17, 15) is 39.9 Å². The van der Waals surface area contributed by atoms with Crippen LogP contribution in [-0.2, 0) is 15.1 Å². The summed E-state index contributed by atoms with van der Waals surface area (Å²) < 4.78 is 123. The molecule has 0 saturated heterocycles. The van der Waals surface area contributed by atoms with Gasteiger partial charge in [0, 0.05) is 17.2 Å². The molecule has 3 aromatic carbocycles. The monoisotopic (exact) mass is 578 g/mol. The second-order valence-corrected chi connectivity index (χ2v) is 8.26. The van der Waals surface area contributed by atoms with Crippen LogP contribution in [0.3, 0.4) is 0 Å². The Morgan fingerprint density at radius 1 is 0.775 bits per heavy atom. The average Bonchev–Trinajstić information content (AvgIpc) is 2.90. The zero-order valence-corrected chi connectivity index (χ0v) is 20.6. The number of halogens is 8. The van der Waals surface area contributed by atoms with Gasteiger partial charge in [-0.1, -0.05) is 55.5 Å². The Balaban J connectivity index is 1.89. The van der Waals surface area contributed by atoms with Crippen molar-refractivity contribution in [1.82, 2.24) is 0 Å². The Kier molecular flexibility index (Phi) is 9.48. The fourth-order valence-electron chi connectivity index (χ4n) is 3.79. The van der Waals surface area contributed by atoms with Crippen molar-refractivity contribution in [3.8, 4) is 17.2 Å². The van der Waals surface area contributed by atoms with E-state index in [1.807, 2.05) is 0 Å². The van der Waals surface area contributed by atoms with Crippen LogP contribution in [0.15, 0.2) is 78.9 Å². The highest BCUT2D eigenvalue weighted by molar-refractivity contribution is 5.72. The molecule has 216 valence electrons. The summed E-state index contributed by atoms with van der Waals surface area (Å²) >= 11 is 0. The number of alkyl halides is 8. The number of rotatable bonds is 12. The van der Waals surface area contributed by atoms with Crippen molar-refractivity contribution in [3.05, 3.63) is 90.0 Å². The molecule has 0 aliphatic rings. The Morgan fingerprint density at radius 3 is 2.00 bits per heavy atom. The highest BCUT2D eigenvalue weighted by atomic mass is 19.4. The van der Waals surface area contributed by atoms with Gasteiger partial charge in [0.2, 0.25) is 0 Å². The third-order valence-corrected chi connectivity index (χ3v) is 5.55. The fourth-order valence-corrected chi connectivity index (χ4v) is 3.79. The highest BCUT2D eigenvalue weighted by Crippen LogP contribution is 2.41. The van der Waals surface area contributed by atoms with E-state index in [2.05, 4.69) is 9.47 Å². The van der Waals surface area contributed by atoms with Crippen LogP contribution in [-0.4, -0.2) is 37.6 Å². The van der Waals surface area contributed by atoms with Crippen LogP contribution in [0, 0.1) is 0 Å². The van der Waals surface area contributed by atoms with Crippen LogP contribution >= 0.6 is 0 Å². The molecule has 0 aliphatic carbocycles. The first-order valence-corrected chi connectivity index (χ1v) is 11.6. The molecule has 2 atom stereocenters. The number of carbonyl (C=O) groups is 1. The molecule has 0 aromatic heterocycles. The SMILES string of the molecule is CCC(OC(=O)COc1cccc(OC(F)F)c1)(c1ccccc1)c1cccc(OC(F)(F)C(F)C(F)(F)F)c1. The van der Waals surface area contributed by atoms with Crippen molar-refractivity contribution < 1.29 is 58.9 Å². The second kappa shape index (κ2) is 12.4. The van der Waals surface area contributed by atoms with E-state index in [0.29, 0.717) is 5.56 Å². The number of benzene rings is 3. The molecular formula is C27H22F8O5. The lowest BCUT2D eigenvalue weighted by Crippen LogP contribution is -2.45. The number of carbonyl (C=O) groups excluding carboxylic acids is 1. The quantitative estimate of drug-likeness (QED) is 0.165. The average molecular weight is 578 g/mol. The lowest BCUT2D eigenvalue weighted by molar-refractivity contribution is -0.305. The van der Waals surface area contributed by atoms with E-state index >= 15 is 0 Å². The predicted octanol–water partition coefficient (Wildman–Crippen LogP) is 7.44. The van der Waals surface area contributed by atoms with Gasteiger partial charge in [-0.05, 0) is 30.7 Å². The van der Waals surface area contributed by atoms with Gasteiger partial charge < -0.3 is 18.9 Å². The van der Waals surface area contributed by atoms with E-state index in [-0.39, 0.29) is 23.5 Å². The summed E-state index contributed by atoms with van der Waals surface area (Å²) in [6.07, 6.45) is -15.7. The summed E-state index contributed by atoms with van der Waals surface area (Å²) in [6.45, 7) is -2.20. The maximum absolute atomic E-state index is 13.9. The molecule has 0 spiro atoms. The molecule has 13 heteroatoms. The molecule has 2 unspecified atom stereocenters. The molecular weight excluding hydrogens is 556 g/mol. The van der Waals surface area contributed by atoms with Gasteiger partial charge in [-0.25, -0.2) is 9.18 Å². The number of esters is 1. The van der Waals surface area contributed by atoms with Gasteiger partial charge in [0.25, 0.3) is 6.17 Å². The Hall–Kier alpha value is -4.03. The lowest BCUT2D eigenvalue weighted by atomic mass is 9.83. The van der Waals surface area contributed by atoms with E-state index in [1.165, 1.54) is 24.3 Å². The summed E-state index contributed by atoms with van der Waals surface area (Å²) in [5, 5.41) is 0. The molecule has 0 heterocycles. The minimum absolute atomic E-state index is 0.0000189. The number of hydrogen-bond acceptors (Lipinski definition) is 5. The third-order valence-electron chi connectivity index (χ3n) is 5.55. The summed E-state index contributed by atoms with van der Waals surface area (Å²) in [5.41, 5.74) is -1.28. The molecule has 0 saturated carbocycles. The van der Waals surface area contributed by atoms with Gasteiger partial charge in [-0.2, -0.15) is 30.7 Å². The summed E-state index contributed by atoms with van der Waals surface area (Å²) in [4.78, 5) is 12.9. The highest BCUT2D eigenvalue weighted by Gasteiger charge is 2.59. The first kappa shape index (κ1) is 30.5. The topological polar surface area (TPSA) is 54.0 Å². The third kappa shape index (κ3) is 7.54. The normalized spacial score (nSPS) is 14.2. The Bertz CT molecular complexity index is 1270. The minimum Gasteiger partial charge on any atom is -0.482 e. The molecule has 40 heavy (non-hydrogen) atoms. The van der Waals surface area contributed by atoms with Crippen LogP contribution in [0.1, 0.15) is 24.5 Å². The largest absolute Gasteiger partial charge is 0.482 e. The standard InChI is InChI=1S/C27H22F8O5/c1-2-25(17-8-4-3-5-9-17,40-22(36)16-37-19-11-7-12-20(15-19)38-24(29)30)18-10-6-13-21(14-18)39-27(34,35)23(28)26(31,32)33/h3-15,23-24H,2,16H2,1H3. The van der Waals surface area contributed by atoms with Gasteiger partial charge in [0.1, 0.15) is 17.2 Å². The van der Waals surface area contributed by atoms with Crippen LogP contribution in [0.5, 0.6) is 17.2 Å². The van der Waals surface area contributed by atoms with E-state index < -0.39 is 49.0 Å². The Morgan fingerprint density at radius 2 is 1.38 bits per heavy atom. The molecule has 3 aromatic rings. The van der Waals surface area contributed by atoms with Crippen molar-refractivity contribution in [1.29, 1.82) is 0 Å². The van der Waals surface area contributed by atoms with Crippen molar-refractivity contribution in [2.45, 2.75) is 44.0 Å². The maximum atomic E-state index is 13.9. The molecule has 0 aliphatic heterocycles. The lowest BCUT2D eigenvalue weighted by Gasteiger charge is -2.34. The first-order valence-electron chi connectivity index (χ1n) is 11.6. The molecule has 0 radical (unpaired) electrons. The number of hydrogen-bond donors (Lipinski definition) is 0. The fraction of sp³-hybridized carbons (Fsp3) is 0.296. The van der Waals surface area contributed by atoms with Crippen LogP contribution < -0.4 is 14.2 Å². The van der Waals surface area contributed by atoms with Crippen LogP contribution in [0.2, 0.25) is 0 Å². The molecule has 0 N–H and O–H groups in total. The van der Waals surface area contributed by atoms with Crippen LogP contribution in [0.25, 0.3) is 0 Å². The van der Waals surface area contributed by atoms with Crippen molar-refractivity contribution in [2.75, 3.05) is 6.61 Å². The van der Waals surface area contributed by atoms with Gasteiger partial charge in [0.05, 0.1) is 0 Å². The minimum atomic E-state index is -5.88. The zero-order valence-electron chi connectivity index (χ0n) is 20.6. The molecule has 0 fully saturated rings. The van der Waals surface area contributed by atoms with E-state index in [0.717, 1.165) is 24.3 Å². The summed E-state index contributed by atoms with van der Waals surface area (Å²) in [5.74, 6) is -2.00. The smallest absolute Gasteiger partial charge is 0.439 e. The van der Waals surface area contributed by atoms with Gasteiger partial charge in [0.15, 0.2) is 12.2 Å².